The molecule has 0 radical (unpaired) electrons. The van der Waals surface area contributed by atoms with Crippen molar-refractivity contribution in [3.63, 3.8) is 0 Å². The van der Waals surface area contributed by atoms with Crippen LogP contribution in [0.25, 0.3) is 0 Å². The molecule has 9 heteroatoms. The average Bonchev–Trinajstić information content (AvgIpc) is 3.31. The molecule has 0 aromatic carbocycles. The van der Waals surface area contributed by atoms with Gasteiger partial charge in [-0.05, 0) is 96.3 Å². The summed E-state index contributed by atoms with van der Waals surface area (Å²) in [4.78, 5) is 37.4. The van der Waals surface area contributed by atoms with Gasteiger partial charge >= 0.3 is 17.9 Å². The maximum absolute atomic E-state index is 12.8. The highest BCUT2D eigenvalue weighted by Crippen LogP contribution is 2.14. The number of likely N-dealkylation sites (N-methyl/N-ethyl adjacent to an activating group) is 1. The third-order valence-corrected chi connectivity index (χ3v) is 11.3. The second kappa shape index (κ2) is 50.6. The smallest absolute Gasteiger partial charge is 0.361 e. The van der Waals surface area contributed by atoms with Crippen LogP contribution in [0.5, 0.6) is 0 Å². The van der Waals surface area contributed by atoms with Crippen LogP contribution >= 0.6 is 0 Å². The number of carboxylic acid groups (broad SMARTS) is 1. The molecule has 2 unspecified atom stereocenters. The molecule has 0 aromatic rings. The Hall–Kier alpha value is -3.79. The third-order valence-electron chi connectivity index (χ3n) is 11.3. The first-order valence-corrected chi connectivity index (χ1v) is 27.4. The highest BCUT2D eigenvalue weighted by Gasteiger charge is 2.25. The van der Waals surface area contributed by atoms with Crippen molar-refractivity contribution < 1.29 is 42.9 Å². The average molecular weight is 965 g/mol. The second-order valence-corrected chi connectivity index (χ2v) is 19.2. The highest BCUT2D eigenvalue weighted by molar-refractivity contribution is 5.71. The van der Waals surface area contributed by atoms with E-state index in [0.29, 0.717) is 17.4 Å². The molecule has 0 heterocycles. The Kier molecular flexibility index (Phi) is 47.8. The number of carbonyl (C=O) groups is 3. The Morgan fingerprint density at radius 3 is 1.25 bits per heavy atom. The van der Waals surface area contributed by atoms with E-state index in [1.807, 2.05) is 21.1 Å². The van der Waals surface area contributed by atoms with Gasteiger partial charge in [0.25, 0.3) is 6.29 Å². The number of aliphatic carboxylic acids is 1. The van der Waals surface area contributed by atoms with Gasteiger partial charge in [0.15, 0.2) is 6.10 Å². The van der Waals surface area contributed by atoms with Crippen LogP contribution in [0.15, 0.2) is 97.2 Å². The van der Waals surface area contributed by atoms with Crippen molar-refractivity contribution >= 4 is 17.9 Å². The summed E-state index contributed by atoms with van der Waals surface area (Å²) in [5.41, 5.74) is 0. The van der Waals surface area contributed by atoms with Gasteiger partial charge in [0.05, 0.1) is 34.4 Å². The van der Waals surface area contributed by atoms with E-state index in [4.69, 9.17) is 18.9 Å². The Morgan fingerprint density at radius 2 is 0.826 bits per heavy atom. The summed E-state index contributed by atoms with van der Waals surface area (Å²) in [7, 11) is 5.94. The minimum Gasteiger partial charge on any atom is -0.477 e. The van der Waals surface area contributed by atoms with Crippen LogP contribution < -0.4 is 0 Å². The van der Waals surface area contributed by atoms with Crippen molar-refractivity contribution in [2.24, 2.45) is 0 Å². The SMILES string of the molecule is CC/C=C\C/C=C\C/C=C\C/C=C\C/C=C\CCCCCC(=O)OC(COC(=O)CCCCCCCCCCCC/C=C\C/C=C\C/C=C\CCCCCCC)COC(OCC[N+](C)(C)C)C(=O)O. The normalized spacial score (nSPS) is 13.6. The summed E-state index contributed by atoms with van der Waals surface area (Å²) in [6.07, 6.45) is 64.8. The molecule has 0 saturated heterocycles. The number of esters is 2. The van der Waals surface area contributed by atoms with Crippen molar-refractivity contribution in [3.8, 4) is 0 Å². The zero-order chi connectivity index (χ0) is 50.6. The Bertz CT molecular complexity index is 1450. The number of nitrogens with zero attached hydrogens (tertiary/aromatic N) is 1. The largest absolute Gasteiger partial charge is 0.477 e. The molecule has 9 nitrogen and oxygen atoms in total. The van der Waals surface area contributed by atoms with Crippen LogP contribution in [0.4, 0.5) is 0 Å². The molecule has 0 aromatic heterocycles. The van der Waals surface area contributed by atoms with Crippen molar-refractivity contribution in [3.05, 3.63) is 97.2 Å². The second-order valence-electron chi connectivity index (χ2n) is 19.2. The van der Waals surface area contributed by atoms with Crippen molar-refractivity contribution in [1.82, 2.24) is 0 Å². The lowest BCUT2D eigenvalue weighted by atomic mass is 10.1. The zero-order valence-electron chi connectivity index (χ0n) is 44.7. The number of allylic oxidation sites excluding steroid dienone is 16. The van der Waals surface area contributed by atoms with Gasteiger partial charge < -0.3 is 28.5 Å². The number of carbonyl (C=O) groups excluding carboxylic acids is 2. The van der Waals surface area contributed by atoms with Gasteiger partial charge in [-0.2, -0.15) is 0 Å². The van der Waals surface area contributed by atoms with E-state index in [1.54, 1.807) is 0 Å². The number of hydrogen-bond acceptors (Lipinski definition) is 7. The number of quaternary nitrogens is 1. The minimum atomic E-state index is -1.53. The predicted molar refractivity (Wildman–Crippen MR) is 290 cm³/mol. The maximum Gasteiger partial charge on any atom is 0.361 e. The monoisotopic (exact) mass is 965 g/mol. The summed E-state index contributed by atoms with van der Waals surface area (Å²) in [6.45, 7) is 4.69. The number of unbranched alkanes of at least 4 members (excludes halogenated alkanes) is 18. The van der Waals surface area contributed by atoms with Crippen molar-refractivity contribution in [2.45, 2.75) is 219 Å². The number of hydrogen-bond donors (Lipinski definition) is 1. The molecule has 69 heavy (non-hydrogen) atoms. The molecular formula is C60H102NO8+. The van der Waals surface area contributed by atoms with E-state index >= 15 is 0 Å². The number of carboxylic acids is 1. The maximum atomic E-state index is 12.8. The fraction of sp³-hybridized carbons (Fsp3) is 0.683. The fourth-order valence-electron chi connectivity index (χ4n) is 7.10. The van der Waals surface area contributed by atoms with Gasteiger partial charge in [0.1, 0.15) is 13.2 Å². The Balaban J connectivity index is 4.35. The summed E-state index contributed by atoms with van der Waals surface area (Å²) in [5, 5.41) is 9.68. The zero-order valence-corrected chi connectivity index (χ0v) is 44.7. The molecule has 1 N–H and O–H groups in total. The van der Waals surface area contributed by atoms with Crippen LogP contribution in [0, 0.1) is 0 Å². The molecule has 0 amide bonds. The first kappa shape index (κ1) is 65.2. The molecule has 0 bridgehead atoms. The van der Waals surface area contributed by atoms with Gasteiger partial charge in [-0.3, -0.25) is 9.59 Å². The molecule has 0 aliphatic rings. The lowest BCUT2D eigenvalue weighted by Crippen LogP contribution is -2.40. The molecule has 0 rings (SSSR count). The summed E-state index contributed by atoms with van der Waals surface area (Å²) in [6, 6.07) is 0. The van der Waals surface area contributed by atoms with Crippen molar-refractivity contribution in [1.29, 1.82) is 0 Å². The first-order valence-electron chi connectivity index (χ1n) is 27.4. The van der Waals surface area contributed by atoms with Gasteiger partial charge in [-0.15, -0.1) is 0 Å². The lowest BCUT2D eigenvalue weighted by Gasteiger charge is -2.25. The predicted octanol–water partition coefficient (Wildman–Crippen LogP) is 15.8. The summed E-state index contributed by atoms with van der Waals surface area (Å²) in [5.74, 6) is -2.06. The Labute approximate surface area is 422 Å². The molecular weight excluding hydrogens is 863 g/mol. The number of rotatable bonds is 49. The first-order chi connectivity index (χ1) is 33.6. The molecule has 0 aliphatic carbocycles. The number of ether oxygens (including phenoxy) is 4. The molecule has 0 aliphatic heterocycles. The fourth-order valence-corrected chi connectivity index (χ4v) is 7.10. The van der Waals surface area contributed by atoms with Crippen LogP contribution in [0.2, 0.25) is 0 Å². The van der Waals surface area contributed by atoms with Gasteiger partial charge in [-0.1, -0.05) is 195 Å². The van der Waals surface area contributed by atoms with E-state index < -0.39 is 24.3 Å². The van der Waals surface area contributed by atoms with Gasteiger partial charge in [0.2, 0.25) is 0 Å². The van der Waals surface area contributed by atoms with E-state index in [-0.39, 0.29) is 38.6 Å². The lowest BCUT2D eigenvalue weighted by molar-refractivity contribution is -0.870. The topological polar surface area (TPSA) is 108 Å². The molecule has 2 atom stereocenters. The van der Waals surface area contributed by atoms with Crippen LogP contribution in [0.1, 0.15) is 206 Å². The molecule has 0 fully saturated rings. The van der Waals surface area contributed by atoms with E-state index in [9.17, 15) is 19.5 Å². The van der Waals surface area contributed by atoms with E-state index in [0.717, 1.165) is 83.5 Å². The van der Waals surface area contributed by atoms with E-state index in [1.165, 1.54) is 89.9 Å². The van der Waals surface area contributed by atoms with Crippen LogP contribution in [0.3, 0.4) is 0 Å². The standard InChI is InChI=1S/C60H101NO8/c1-6-8-10-12-14-16-18-20-22-24-26-27-28-29-30-31-33-34-36-38-40-42-44-46-48-50-57(62)67-54-56(55-68-60(59(64)65)66-53-52-61(3,4)5)69-58(63)51-49-47-45-43-41-39-37-35-32-25-23-21-19-17-15-13-11-9-7-2/h9,11,15,17-18,20-21,23-24,26,28-29,32,35,39,41,56,60H,6-8,10,12-14,16,19,22,25,27,30-31,33-34,36-38,40,42-55H2,1-5H3/p+1/b11-9-,17-15-,20-18-,23-21-,26-24-,29-28-,35-32-,41-39-. The third kappa shape index (κ3) is 51.9. The van der Waals surface area contributed by atoms with Crippen LogP contribution in [-0.4, -0.2) is 87.4 Å². The molecule has 0 spiro atoms. The summed E-state index contributed by atoms with van der Waals surface area (Å²) < 4.78 is 22.8. The van der Waals surface area contributed by atoms with E-state index in [2.05, 4.69) is 111 Å². The van der Waals surface area contributed by atoms with Gasteiger partial charge in [-0.25, -0.2) is 4.79 Å². The minimum absolute atomic E-state index is 0.175. The summed E-state index contributed by atoms with van der Waals surface area (Å²) >= 11 is 0. The quantitative estimate of drug-likeness (QED) is 0.0211. The van der Waals surface area contributed by atoms with Crippen molar-refractivity contribution in [2.75, 3.05) is 47.5 Å². The van der Waals surface area contributed by atoms with Crippen LogP contribution in [-0.2, 0) is 33.3 Å². The highest BCUT2D eigenvalue weighted by atomic mass is 16.7. The van der Waals surface area contributed by atoms with Gasteiger partial charge in [0, 0.05) is 12.8 Å². The molecule has 0 saturated carbocycles. The Morgan fingerprint density at radius 1 is 0.449 bits per heavy atom. The molecule has 394 valence electrons.